The van der Waals surface area contributed by atoms with Crippen LogP contribution in [0.5, 0.6) is 0 Å². The van der Waals surface area contributed by atoms with Crippen molar-refractivity contribution < 1.29 is 4.79 Å². The third-order valence-electron chi connectivity index (χ3n) is 5.77. The van der Waals surface area contributed by atoms with Crippen LogP contribution in [0.2, 0.25) is 0 Å². The molecule has 176 valence electrons. The lowest BCUT2D eigenvalue weighted by Gasteiger charge is -2.10. The molecule has 0 atom stereocenters. The number of anilines is 1. The van der Waals surface area contributed by atoms with Crippen LogP contribution in [0.15, 0.2) is 65.8 Å². The summed E-state index contributed by atoms with van der Waals surface area (Å²) >= 11 is 2.97. The van der Waals surface area contributed by atoms with E-state index in [1.54, 1.807) is 4.52 Å². The lowest BCUT2D eigenvalue weighted by molar-refractivity contribution is -0.116. The molecule has 0 aliphatic carbocycles. The Bertz CT molecular complexity index is 1440. The lowest BCUT2D eigenvalue weighted by Crippen LogP contribution is -2.14. The van der Waals surface area contributed by atoms with Crippen molar-refractivity contribution in [3.8, 4) is 21.7 Å². The standard InChI is InChI=1S/C26H24N6OS2/c1-16-20(17(2)32-24(27-16)30-26(31-32)34-3)14-15-21(33)28-25-29-22(18-10-6-4-7-11-18)23(35-25)19-12-8-5-9-13-19/h4-13H,14-15H2,1-3H3,(H,28,29,33). The molecule has 9 heteroatoms. The number of benzene rings is 2. The van der Waals surface area contributed by atoms with Crippen LogP contribution in [0.3, 0.4) is 0 Å². The van der Waals surface area contributed by atoms with Gasteiger partial charge in [0.2, 0.25) is 11.1 Å². The van der Waals surface area contributed by atoms with E-state index < -0.39 is 0 Å². The van der Waals surface area contributed by atoms with Gasteiger partial charge in [0.25, 0.3) is 5.78 Å². The molecule has 35 heavy (non-hydrogen) atoms. The number of nitrogens with zero attached hydrogens (tertiary/aromatic N) is 5. The van der Waals surface area contributed by atoms with Gasteiger partial charge in [-0.25, -0.2) is 14.5 Å². The van der Waals surface area contributed by atoms with Crippen LogP contribution in [0.25, 0.3) is 27.5 Å². The Balaban J connectivity index is 1.37. The van der Waals surface area contributed by atoms with Crippen LogP contribution in [0.1, 0.15) is 23.4 Å². The Hall–Kier alpha value is -3.56. The molecule has 2 aromatic carbocycles. The van der Waals surface area contributed by atoms with E-state index in [1.165, 1.54) is 23.1 Å². The van der Waals surface area contributed by atoms with E-state index in [0.717, 1.165) is 38.6 Å². The molecule has 3 heterocycles. The van der Waals surface area contributed by atoms with Crippen molar-refractivity contribution in [3.05, 3.63) is 77.6 Å². The van der Waals surface area contributed by atoms with Gasteiger partial charge in [0, 0.05) is 23.4 Å². The number of thiazole rings is 1. The summed E-state index contributed by atoms with van der Waals surface area (Å²) in [4.78, 5) is 27.7. The molecule has 0 saturated heterocycles. The van der Waals surface area contributed by atoms with Gasteiger partial charge in [0.1, 0.15) is 0 Å². The number of aromatic nitrogens is 5. The smallest absolute Gasteiger partial charge is 0.253 e. The van der Waals surface area contributed by atoms with E-state index in [1.807, 2.05) is 68.6 Å². The average Bonchev–Trinajstić information content (AvgIpc) is 3.49. The SMILES string of the molecule is CSc1nc2nc(C)c(CCC(=O)Nc3nc(-c4ccccc4)c(-c4ccccc4)s3)c(C)n2n1. The van der Waals surface area contributed by atoms with E-state index in [9.17, 15) is 4.79 Å². The molecule has 3 aromatic heterocycles. The molecule has 0 spiro atoms. The number of thioether (sulfide) groups is 1. The Morgan fingerprint density at radius 1 is 0.971 bits per heavy atom. The minimum Gasteiger partial charge on any atom is -0.302 e. The summed E-state index contributed by atoms with van der Waals surface area (Å²) in [6, 6.07) is 20.2. The van der Waals surface area contributed by atoms with Gasteiger partial charge in [0.05, 0.1) is 10.6 Å². The molecular weight excluding hydrogens is 476 g/mol. The predicted octanol–water partition coefficient (Wildman–Crippen LogP) is 5.82. The maximum atomic E-state index is 12.9. The largest absolute Gasteiger partial charge is 0.302 e. The second-order valence-electron chi connectivity index (χ2n) is 8.05. The topological polar surface area (TPSA) is 85.1 Å². The molecule has 0 saturated carbocycles. The predicted molar refractivity (Wildman–Crippen MR) is 142 cm³/mol. The first kappa shape index (κ1) is 23.2. The Morgan fingerprint density at radius 3 is 2.34 bits per heavy atom. The molecule has 7 nitrogen and oxygen atoms in total. The van der Waals surface area contributed by atoms with Crippen molar-refractivity contribution >= 4 is 39.9 Å². The summed E-state index contributed by atoms with van der Waals surface area (Å²) in [7, 11) is 0. The number of rotatable bonds is 7. The third-order valence-corrected chi connectivity index (χ3v) is 7.33. The molecule has 0 aliphatic rings. The summed E-state index contributed by atoms with van der Waals surface area (Å²) in [5.41, 5.74) is 5.81. The van der Waals surface area contributed by atoms with Gasteiger partial charge >= 0.3 is 0 Å². The fourth-order valence-electron chi connectivity index (χ4n) is 4.01. The van der Waals surface area contributed by atoms with Crippen LogP contribution in [0, 0.1) is 13.8 Å². The van der Waals surface area contributed by atoms with E-state index in [2.05, 4.69) is 32.5 Å². The van der Waals surface area contributed by atoms with Gasteiger partial charge in [0.15, 0.2) is 5.13 Å². The average molecular weight is 501 g/mol. The number of nitrogens with one attached hydrogen (secondary N) is 1. The normalized spacial score (nSPS) is 11.2. The van der Waals surface area contributed by atoms with Crippen LogP contribution in [-0.4, -0.2) is 36.7 Å². The summed E-state index contributed by atoms with van der Waals surface area (Å²) in [5, 5.41) is 8.78. The molecule has 1 N–H and O–H groups in total. The van der Waals surface area contributed by atoms with Crippen LogP contribution < -0.4 is 5.32 Å². The van der Waals surface area contributed by atoms with Crippen molar-refractivity contribution in [1.29, 1.82) is 0 Å². The zero-order valence-electron chi connectivity index (χ0n) is 19.6. The zero-order valence-corrected chi connectivity index (χ0v) is 21.3. The van der Waals surface area contributed by atoms with Crippen molar-refractivity contribution in [1.82, 2.24) is 24.6 Å². The Labute approximate surface area is 211 Å². The molecule has 1 amide bonds. The second kappa shape index (κ2) is 9.97. The van der Waals surface area contributed by atoms with Gasteiger partial charge in [-0.05, 0) is 37.7 Å². The summed E-state index contributed by atoms with van der Waals surface area (Å²) in [5.74, 6) is 0.502. The minimum absolute atomic E-state index is 0.0831. The second-order valence-corrected chi connectivity index (χ2v) is 9.82. The number of hydrogen-bond acceptors (Lipinski definition) is 7. The highest BCUT2D eigenvalue weighted by molar-refractivity contribution is 7.98. The van der Waals surface area contributed by atoms with Gasteiger partial charge < -0.3 is 5.32 Å². The highest BCUT2D eigenvalue weighted by atomic mass is 32.2. The van der Waals surface area contributed by atoms with Crippen LogP contribution >= 0.6 is 23.1 Å². The number of amides is 1. The first-order valence-corrected chi connectivity index (χ1v) is 13.3. The molecular formula is C26H24N6OS2. The molecule has 0 bridgehead atoms. The number of fused-ring (bicyclic) bond motifs is 1. The summed E-state index contributed by atoms with van der Waals surface area (Å²) in [6.07, 6.45) is 2.82. The van der Waals surface area contributed by atoms with E-state index in [4.69, 9.17) is 4.98 Å². The molecule has 0 unspecified atom stereocenters. The van der Waals surface area contributed by atoms with Crippen molar-refractivity contribution in [2.45, 2.75) is 31.8 Å². The highest BCUT2D eigenvalue weighted by Gasteiger charge is 2.18. The lowest BCUT2D eigenvalue weighted by atomic mass is 10.1. The first-order valence-electron chi connectivity index (χ1n) is 11.2. The Morgan fingerprint density at radius 2 is 1.66 bits per heavy atom. The molecule has 0 aliphatic heterocycles. The zero-order chi connectivity index (χ0) is 24.4. The summed E-state index contributed by atoms with van der Waals surface area (Å²) < 4.78 is 1.76. The van der Waals surface area contributed by atoms with Crippen molar-refractivity contribution in [2.75, 3.05) is 11.6 Å². The van der Waals surface area contributed by atoms with Crippen LogP contribution in [-0.2, 0) is 11.2 Å². The first-order chi connectivity index (χ1) is 17.0. The minimum atomic E-state index is -0.0831. The monoisotopic (exact) mass is 500 g/mol. The van der Waals surface area contributed by atoms with Gasteiger partial charge in [-0.2, -0.15) is 4.98 Å². The fourth-order valence-corrected chi connectivity index (χ4v) is 5.35. The highest BCUT2D eigenvalue weighted by Crippen LogP contribution is 2.39. The third kappa shape index (κ3) is 4.82. The maximum Gasteiger partial charge on any atom is 0.253 e. The quantitative estimate of drug-likeness (QED) is 0.283. The summed E-state index contributed by atoms with van der Waals surface area (Å²) in [6.45, 7) is 3.94. The maximum absolute atomic E-state index is 12.9. The van der Waals surface area contributed by atoms with Crippen LogP contribution in [0.4, 0.5) is 5.13 Å². The molecule has 0 fully saturated rings. The van der Waals surface area contributed by atoms with E-state index >= 15 is 0 Å². The van der Waals surface area contributed by atoms with Crippen molar-refractivity contribution in [2.24, 2.45) is 0 Å². The number of aryl methyl sites for hydroxylation is 2. The van der Waals surface area contributed by atoms with Gasteiger partial charge in [-0.1, -0.05) is 83.8 Å². The van der Waals surface area contributed by atoms with Gasteiger partial charge in [-0.3, -0.25) is 4.79 Å². The molecule has 5 aromatic rings. The van der Waals surface area contributed by atoms with Crippen molar-refractivity contribution in [3.63, 3.8) is 0 Å². The number of carbonyl (C=O) groups is 1. The Kier molecular flexibility index (Phi) is 6.61. The molecule has 0 radical (unpaired) electrons. The van der Waals surface area contributed by atoms with E-state index in [0.29, 0.717) is 28.9 Å². The number of carbonyl (C=O) groups excluding carboxylic acids is 1. The fraction of sp³-hybridized carbons (Fsp3) is 0.192. The van der Waals surface area contributed by atoms with Gasteiger partial charge in [-0.15, -0.1) is 5.10 Å². The number of hydrogen-bond donors (Lipinski definition) is 1. The molecule has 5 rings (SSSR count). The van der Waals surface area contributed by atoms with E-state index in [-0.39, 0.29) is 5.91 Å².